The number of halogens is 3. The Balaban J connectivity index is 2.53. The fourth-order valence-electron chi connectivity index (χ4n) is 2.49. The standard InChI is InChI=1S/C13H12F3NO3/c1-7-6-9(11(18)19)8-4-2-3-5-10(8)17(7)12(20)13(14,15)16/h2-5,7,9H,6H2,1H3,(H,18,19). The van der Waals surface area contributed by atoms with E-state index in [4.69, 9.17) is 5.11 Å². The molecule has 1 heterocycles. The minimum Gasteiger partial charge on any atom is -0.481 e. The summed E-state index contributed by atoms with van der Waals surface area (Å²) >= 11 is 0. The van der Waals surface area contributed by atoms with Gasteiger partial charge >= 0.3 is 18.1 Å². The van der Waals surface area contributed by atoms with Gasteiger partial charge in [0.15, 0.2) is 0 Å². The monoisotopic (exact) mass is 287 g/mol. The molecule has 2 unspecified atom stereocenters. The number of carbonyl (C=O) groups excluding carboxylic acids is 1. The number of carboxylic acids is 1. The highest BCUT2D eigenvalue weighted by Gasteiger charge is 2.47. The van der Waals surface area contributed by atoms with E-state index in [2.05, 4.69) is 0 Å². The third kappa shape index (κ3) is 2.35. The summed E-state index contributed by atoms with van der Waals surface area (Å²) in [6.07, 6.45) is -5.04. The summed E-state index contributed by atoms with van der Waals surface area (Å²) in [4.78, 5) is 23.4. The molecule has 0 aromatic heterocycles. The molecule has 108 valence electrons. The van der Waals surface area contributed by atoms with E-state index >= 15 is 0 Å². The van der Waals surface area contributed by atoms with Gasteiger partial charge in [0, 0.05) is 11.7 Å². The van der Waals surface area contributed by atoms with Crippen LogP contribution >= 0.6 is 0 Å². The highest BCUT2D eigenvalue weighted by atomic mass is 19.4. The third-order valence-corrected chi connectivity index (χ3v) is 3.35. The molecule has 1 N–H and O–H groups in total. The van der Waals surface area contributed by atoms with Crippen molar-refractivity contribution in [3.63, 3.8) is 0 Å². The second-order valence-corrected chi connectivity index (χ2v) is 4.71. The van der Waals surface area contributed by atoms with Crippen LogP contribution in [0.2, 0.25) is 0 Å². The van der Waals surface area contributed by atoms with Gasteiger partial charge in [-0.15, -0.1) is 0 Å². The van der Waals surface area contributed by atoms with Crippen molar-refractivity contribution in [2.75, 3.05) is 4.90 Å². The molecule has 0 saturated heterocycles. The van der Waals surface area contributed by atoms with Crippen molar-refractivity contribution < 1.29 is 27.9 Å². The van der Waals surface area contributed by atoms with Crippen LogP contribution in [0.15, 0.2) is 24.3 Å². The number of carboxylic acid groups (broad SMARTS) is 1. The van der Waals surface area contributed by atoms with Crippen molar-refractivity contribution in [3.8, 4) is 0 Å². The number of benzene rings is 1. The molecule has 20 heavy (non-hydrogen) atoms. The van der Waals surface area contributed by atoms with E-state index in [1.54, 1.807) is 6.07 Å². The fraction of sp³-hybridized carbons (Fsp3) is 0.385. The zero-order valence-electron chi connectivity index (χ0n) is 10.5. The smallest absolute Gasteiger partial charge is 0.471 e. The van der Waals surface area contributed by atoms with Gasteiger partial charge in [-0.2, -0.15) is 13.2 Å². The Kier molecular flexibility index (Phi) is 3.45. The molecular weight excluding hydrogens is 275 g/mol. The van der Waals surface area contributed by atoms with E-state index in [9.17, 15) is 22.8 Å². The lowest BCUT2D eigenvalue weighted by atomic mass is 9.86. The number of anilines is 1. The van der Waals surface area contributed by atoms with Gasteiger partial charge in [-0.05, 0) is 25.0 Å². The maximum absolute atomic E-state index is 12.6. The Morgan fingerprint density at radius 2 is 1.90 bits per heavy atom. The molecule has 1 aliphatic heterocycles. The zero-order valence-corrected chi connectivity index (χ0v) is 10.5. The Morgan fingerprint density at radius 1 is 1.30 bits per heavy atom. The van der Waals surface area contributed by atoms with Crippen molar-refractivity contribution in [3.05, 3.63) is 29.8 Å². The molecule has 1 aromatic rings. The second kappa shape index (κ2) is 4.81. The van der Waals surface area contributed by atoms with Crippen LogP contribution in [0, 0.1) is 0 Å². The van der Waals surface area contributed by atoms with Crippen molar-refractivity contribution in [2.24, 2.45) is 0 Å². The molecule has 2 atom stereocenters. The maximum atomic E-state index is 12.6. The van der Waals surface area contributed by atoms with E-state index in [1.165, 1.54) is 25.1 Å². The summed E-state index contributed by atoms with van der Waals surface area (Å²) in [6.45, 7) is 1.41. The lowest BCUT2D eigenvalue weighted by Crippen LogP contribution is -2.49. The normalized spacial score (nSPS) is 22.3. The number of hydrogen-bond acceptors (Lipinski definition) is 2. The molecule has 0 aliphatic carbocycles. The van der Waals surface area contributed by atoms with Crippen molar-refractivity contribution in [1.29, 1.82) is 0 Å². The molecule has 0 bridgehead atoms. The molecule has 4 nitrogen and oxygen atoms in total. The maximum Gasteiger partial charge on any atom is 0.471 e. The highest BCUT2D eigenvalue weighted by Crippen LogP contribution is 2.40. The number of nitrogens with zero attached hydrogens (tertiary/aromatic N) is 1. The number of rotatable bonds is 1. The highest BCUT2D eigenvalue weighted by molar-refractivity contribution is 6.00. The lowest BCUT2D eigenvalue weighted by molar-refractivity contribution is -0.171. The van der Waals surface area contributed by atoms with Gasteiger partial charge in [-0.25, -0.2) is 0 Å². The predicted octanol–water partition coefficient (Wildman–Crippen LogP) is 2.54. The molecular formula is C13H12F3NO3. The minimum atomic E-state index is -4.99. The predicted molar refractivity (Wildman–Crippen MR) is 64.4 cm³/mol. The van der Waals surface area contributed by atoms with E-state index < -0.39 is 30.0 Å². The molecule has 0 spiro atoms. The average Bonchev–Trinajstić information content (AvgIpc) is 2.35. The number of amides is 1. The second-order valence-electron chi connectivity index (χ2n) is 4.71. The summed E-state index contributed by atoms with van der Waals surface area (Å²) in [7, 11) is 0. The topological polar surface area (TPSA) is 57.6 Å². The third-order valence-electron chi connectivity index (χ3n) is 3.35. The van der Waals surface area contributed by atoms with Crippen molar-refractivity contribution in [2.45, 2.75) is 31.5 Å². The van der Waals surface area contributed by atoms with Crippen LogP contribution in [-0.2, 0) is 9.59 Å². The van der Waals surface area contributed by atoms with E-state index in [0.29, 0.717) is 4.90 Å². The van der Waals surface area contributed by atoms with Crippen molar-refractivity contribution in [1.82, 2.24) is 0 Å². The summed E-state index contributed by atoms with van der Waals surface area (Å²) in [5, 5.41) is 9.16. The Labute approximate surface area is 112 Å². The summed E-state index contributed by atoms with van der Waals surface area (Å²) in [6, 6.07) is 4.97. The molecule has 2 rings (SSSR count). The number of alkyl halides is 3. The van der Waals surface area contributed by atoms with E-state index in [-0.39, 0.29) is 17.7 Å². The zero-order chi connectivity index (χ0) is 15.1. The van der Waals surface area contributed by atoms with Gasteiger partial charge in [0.05, 0.1) is 5.92 Å². The van der Waals surface area contributed by atoms with E-state index in [1.807, 2.05) is 0 Å². The molecule has 0 saturated carbocycles. The number of fused-ring (bicyclic) bond motifs is 1. The van der Waals surface area contributed by atoms with Gasteiger partial charge in [0.1, 0.15) is 0 Å². The van der Waals surface area contributed by atoms with Crippen molar-refractivity contribution >= 4 is 17.6 Å². The Morgan fingerprint density at radius 3 is 2.45 bits per heavy atom. The first-order chi connectivity index (χ1) is 9.23. The molecule has 1 aliphatic rings. The first kappa shape index (κ1) is 14.4. The molecule has 1 aromatic carbocycles. The summed E-state index contributed by atoms with van der Waals surface area (Å²) in [5.41, 5.74) is 0.247. The number of aliphatic carboxylic acids is 1. The van der Waals surface area contributed by atoms with Crippen LogP contribution in [0.5, 0.6) is 0 Å². The van der Waals surface area contributed by atoms with Crippen LogP contribution in [0.25, 0.3) is 0 Å². The largest absolute Gasteiger partial charge is 0.481 e. The Hall–Kier alpha value is -2.05. The number of carbonyl (C=O) groups is 2. The lowest BCUT2D eigenvalue weighted by Gasteiger charge is -2.38. The molecule has 7 heteroatoms. The number of hydrogen-bond donors (Lipinski definition) is 1. The van der Waals surface area contributed by atoms with Gasteiger partial charge in [-0.1, -0.05) is 18.2 Å². The summed E-state index contributed by atoms with van der Waals surface area (Å²) in [5.74, 6) is -3.98. The van der Waals surface area contributed by atoms with Crippen LogP contribution in [0.4, 0.5) is 18.9 Å². The minimum absolute atomic E-state index is 0.0148. The van der Waals surface area contributed by atoms with Crippen LogP contribution in [-0.4, -0.2) is 29.2 Å². The first-order valence-corrected chi connectivity index (χ1v) is 5.95. The van der Waals surface area contributed by atoms with Gasteiger partial charge < -0.3 is 10.0 Å². The first-order valence-electron chi connectivity index (χ1n) is 5.95. The number of para-hydroxylation sites is 1. The molecule has 0 radical (unpaired) electrons. The van der Waals surface area contributed by atoms with Crippen LogP contribution in [0.1, 0.15) is 24.8 Å². The van der Waals surface area contributed by atoms with Gasteiger partial charge in [0.25, 0.3) is 0 Å². The fourth-order valence-corrected chi connectivity index (χ4v) is 2.49. The summed E-state index contributed by atoms with van der Waals surface area (Å²) < 4.78 is 37.9. The van der Waals surface area contributed by atoms with Gasteiger partial charge in [0.2, 0.25) is 0 Å². The average molecular weight is 287 g/mol. The van der Waals surface area contributed by atoms with Crippen LogP contribution in [0.3, 0.4) is 0 Å². The van der Waals surface area contributed by atoms with Gasteiger partial charge in [-0.3, -0.25) is 9.59 Å². The SMILES string of the molecule is CC1CC(C(=O)O)c2ccccc2N1C(=O)C(F)(F)F. The molecule has 0 fully saturated rings. The molecule has 1 amide bonds. The van der Waals surface area contributed by atoms with E-state index in [0.717, 1.165) is 0 Å². The Bertz CT molecular complexity index is 556. The van der Waals surface area contributed by atoms with Crippen LogP contribution < -0.4 is 4.90 Å². The quantitative estimate of drug-likeness (QED) is 0.863.